The van der Waals surface area contributed by atoms with E-state index in [-0.39, 0.29) is 26.3 Å². The van der Waals surface area contributed by atoms with Gasteiger partial charge in [-0.3, -0.25) is 9.09 Å². The molecule has 0 aliphatic carbocycles. The molecule has 24 heavy (non-hydrogen) atoms. The van der Waals surface area contributed by atoms with Crippen LogP contribution in [0.3, 0.4) is 0 Å². The number of hydrogen-bond acceptors (Lipinski definition) is 6. The van der Waals surface area contributed by atoms with Crippen molar-refractivity contribution in [2.24, 2.45) is 0 Å². The lowest BCUT2D eigenvalue weighted by Crippen LogP contribution is -2.30. The van der Waals surface area contributed by atoms with Crippen LogP contribution in [0.25, 0.3) is 0 Å². The Kier molecular flexibility index (Phi) is 8.70. The maximum absolute atomic E-state index is 13.1. The standard InChI is InChI=1S/C13H22FNO7P2/c1-3-20-23(16,21-4-2)13(22-24(17,18)19)10-15-9-11-6-5-7-12(14)8-11/h5-8,13,15H,3-4,9-10H2,1-2H3,(H2,17,18,19). The van der Waals surface area contributed by atoms with Gasteiger partial charge >= 0.3 is 15.4 Å². The van der Waals surface area contributed by atoms with E-state index >= 15 is 0 Å². The minimum Gasteiger partial charge on any atom is -0.309 e. The largest absolute Gasteiger partial charge is 0.470 e. The van der Waals surface area contributed by atoms with E-state index in [2.05, 4.69) is 9.84 Å². The monoisotopic (exact) mass is 385 g/mol. The number of hydrogen-bond donors (Lipinski definition) is 3. The molecule has 0 saturated heterocycles. The van der Waals surface area contributed by atoms with Crippen molar-refractivity contribution in [3.63, 3.8) is 0 Å². The minimum atomic E-state index is -4.92. The van der Waals surface area contributed by atoms with Crippen molar-refractivity contribution in [3.8, 4) is 0 Å². The van der Waals surface area contributed by atoms with Gasteiger partial charge in [0.2, 0.25) is 0 Å². The van der Waals surface area contributed by atoms with Crippen LogP contribution in [0.2, 0.25) is 0 Å². The first-order chi connectivity index (χ1) is 11.2. The third-order valence-electron chi connectivity index (χ3n) is 2.77. The predicted molar refractivity (Wildman–Crippen MR) is 85.9 cm³/mol. The Hall–Kier alpha value is -0.630. The molecule has 0 fully saturated rings. The van der Waals surface area contributed by atoms with Gasteiger partial charge in [-0.2, -0.15) is 0 Å². The Morgan fingerprint density at radius 1 is 1.21 bits per heavy atom. The summed E-state index contributed by atoms with van der Waals surface area (Å²) in [6.45, 7) is 3.13. The van der Waals surface area contributed by atoms with Gasteiger partial charge < -0.3 is 24.2 Å². The van der Waals surface area contributed by atoms with E-state index < -0.39 is 27.1 Å². The Balaban J connectivity index is 2.81. The van der Waals surface area contributed by atoms with Crippen molar-refractivity contribution in [2.75, 3.05) is 19.8 Å². The van der Waals surface area contributed by atoms with Gasteiger partial charge in [-0.1, -0.05) is 12.1 Å². The molecule has 0 spiro atoms. The first kappa shape index (κ1) is 21.4. The summed E-state index contributed by atoms with van der Waals surface area (Å²) in [6, 6.07) is 5.79. The van der Waals surface area contributed by atoms with E-state index in [1.54, 1.807) is 19.9 Å². The summed E-state index contributed by atoms with van der Waals surface area (Å²) in [5, 5.41) is 2.81. The number of phosphoric ester groups is 1. The molecule has 0 heterocycles. The number of nitrogens with one attached hydrogen (secondary N) is 1. The lowest BCUT2D eigenvalue weighted by molar-refractivity contribution is 0.127. The molecule has 1 aromatic rings. The smallest absolute Gasteiger partial charge is 0.309 e. The van der Waals surface area contributed by atoms with Gasteiger partial charge in [-0.15, -0.1) is 0 Å². The zero-order chi connectivity index (χ0) is 18.2. The van der Waals surface area contributed by atoms with Crippen molar-refractivity contribution in [1.29, 1.82) is 0 Å². The first-order valence-corrected chi connectivity index (χ1v) is 10.4. The van der Waals surface area contributed by atoms with E-state index in [1.165, 1.54) is 18.2 Å². The van der Waals surface area contributed by atoms with E-state index in [1.807, 2.05) is 0 Å². The number of halogens is 1. The average Bonchev–Trinajstić information content (AvgIpc) is 2.45. The topological polar surface area (TPSA) is 114 Å². The van der Waals surface area contributed by atoms with Crippen LogP contribution in [0.15, 0.2) is 24.3 Å². The molecule has 138 valence electrons. The van der Waals surface area contributed by atoms with Gasteiger partial charge in [0.05, 0.1) is 13.2 Å². The molecule has 1 unspecified atom stereocenters. The van der Waals surface area contributed by atoms with Crippen LogP contribution >= 0.6 is 15.4 Å². The van der Waals surface area contributed by atoms with Gasteiger partial charge in [0.15, 0.2) is 5.85 Å². The summed E-state index contributed by atoms with van der Waals surface area (Å²) in [4.78, 5) is 18.0. The lowest BCUT2D eigenvalue weighted by atomic mass is 10.2. The first-order valence-electron chi connectivity index (χ1n) is 7.28. The van der Waals surface area contributed by atoms with Gasteiger partial charge in [0.1, 0.15) is 5.82 Å². The molecule has 1 aromatic carbocycles. The van der Waals surface area contributed by atoms with E-state index in [0.717, 1.165) is 0 Å². The lowest BCUT2D eigenvalue weighted by Gasteiger charge is -2.26. The summed E-state index contributed by atoms with van der Waals surface area (Å²) in [7, 11) is -8.83. The molecule has 0 aromatic heterocycles. The number of benzene rings is 1. The van der Waals surface area contributed by atoms with Gasteiger partial charge in [0, 0.05) is 13.1 Å². The third kappa shape index (κ3) is 7.51. The minimum absolute atomic E-state index is 0.0161. The maximum Gasteiger partial charge on any atom is 0.470 e. The molecule has 0 bridgehead atoms. The highest BCUT2D eigenvalue weighted by molar-refractivity contribution is 7.55. The fourth-order valence-electron chi connectivity index (χ4n) is 1.92. The molecular formula is C13H22FNO7P2. The van der Waals surface area contributed by atoms with Gasteiger partial charge in [-0.25, -0.2) is 8.96 Å². The van der Waals surface area contributed by atoms with Crippen molar-refractivity contribution in [3.05, 3.63) is 35.6 Å². The van der Waals surface area contributed by atoms with Crippen LogP contribution in [0.1, 0.15) is 19.4 Å². The van der Waals surface area contributed by atoms with Crippen LogP contribution < -0.4 is 5.32 Å². The second-order valence-corrected chi connectivity index (χ2v) is 8.05. The van der Waals surface area contributed by atoms with Gasteiger partial charge in [0.25, 0.3) is 0 Å². The highest BCUT2D eigenvalue weighted by Crippen LogP contribution is 2.57. The highest BCUT2D eigenvalue weighted by atomic mass is 31.2. The number of rotatable bonds is 11. The Morgan fingerprint density at radius 2 is 1.83 bits per heavy atom. The van der Waals surface area contributed by atoms with Crippen molar-refractivity contribution < 1.29 is 36.9 Å². The second kappa shape index (κ2) is 9.75. The normalized spacial score (nSPS) is 13.9. The van der Waals surface area contributed by atoms with E-state index in [9.17, 15) is 13.5 Å². The summed E-state index contributed by atoms with van der Waals surface area (Å²) in [5.41, 5.74) is 0.604. The molecular weight excluding hydrogens is 363 g/mol. The van der Waals surface area contributed by atoms with Crippen LogP contribution in [-0.4, -0.2) is 35.4 Å². The maximum atomic E-state index is 13.1. The number of phosphoric acid groups is 1. The van der Waals surface area contributed by atoms with Crippen molar-refractivity contribution in [2.45, 2.75) is 26.2 Å². The molecule has 1 atom stereocenters. The second-order valence-electron chi connectivity index (χ2n) is 4.69. The fourth-order valence-corrected chi connectivity index (χ4v) is 4.62. The fraction of sp³-hybridized carbons (Fsp3) is 0.538. The Bertz CT molecular complexity index is 600. The van der Waals surface area contributed by atoms with Crippen molar-refractivity contribution in [1.82, 2.24) is 5.32 Å². The highest BCUT2D eigenvalue weighted by Gasteiger charge is 2.40. The zero-order valence-corrected chi connectivity index (χ0v) is 15.2. The Labute approximate surface area is 140 Å². The van der Waals surface area contributed by atoms with Crippen molar-refractivity contribution >= 4 is 15.4 Å². The average molecular weight is 385 g/mol. The molecule has 11 heteroatoms. The molecule has 1 rings (SSSR count). The third-order valence-corrected chi connectivity index (χ3v) is 5.69. The SMILES string of the molecule is CCOP(=O)(OCC)C(CNCc1cccc(F)c1)OP(=O)(O)O. The molecule has 0 amide bonds. The van der Waals surface area contributed by atoms with Crippen LogP contribution in [0.5, 0.6) is 0 Å². The Morgan fingerprint density at radius 3 is 2.33 bits per heavy atom. The molecule has 0 radical (unpaired) electrons. The summed E-state index contributed by atoms with van der Waals surface area (Å²) < 4.78 is 51.7. The molecule has 0 aliphatic rings. The van der Waals surface area contributed by atoms with E-state index in [4.69, 9.17) is 18.8 Å². The molecule has 0 saturated carbocycles. The van der Waals surface area contributed by atoms with Gasteiger partial charge in [-0.05, 0) is 31.5 Å². The summed E-state index contributed by atoms with van der Waals surface area (Å²) in [5.74, 6) is -1.92. The molecule has 3 N–H and O–H groups in total. The summed E-state index contributed by atoms with van der Waals surface area (Å²) in [6.07, 6.45) is 0. The molecule has 0 aliphatic heterocycles. The van der Waals surface area contributed by atoms with Crippen LogP contribution in [-0.2, 0) is 29.2 Å². The zero-order valence-electron chi connectivity index (χ0n) is 13.4. The van der Waals surface area contributed by atoms with Crippen LogP contribution in [0, 0.1) is 5.82 Å². The molecule has 8 nitrogen and oxygen atoms in total. The summed E-state index contributed by atoms with van der Waals surface area (Å²) >= 11 is 0. The predicted octanol–water partition coefficient (Wildman–Crippen LogP) is 2.62. The quantitative estimate of drug-likeness (QED) is 0.498. The van der Waals surface area contributed by atoms with Crippen LogP contribution in [0.4, 0.5) is 4.39 Å². The van der Waals surface area contributed by atoms with E-state index in [0.29, 0.717) is 5.56 Å².